The number of ether oxygens (including phenoxy) is 4. The third-order valence-electron chi connectivity index (χ3n) is 7.83. The van der Waals surface area contributed by atoms with Crippen molar-refractivity contribution in [3.63, 3.8) is 0 Å². The zero-order valence-corrected chi connectivity index (χ0v) is 20.7. The third kappa shape index (κ3) is 6.24. The monoisotopic (exact) mass is 464 g/mol. The average Bonchev–Trinajstić information content (AvgIpc) is 3.33. The molecule has 0 aromatic heterocycles. The first kappa shape index (κ1) is 25.9. The highest BCUT2D eigenvalue weighted by atomic mass is 16.7. The highest BCUT2D eigenvalue weighted by molar-refractivity contribution is 5.84. The van der Waals surface area contributed by atoms with E-state index in [1.165, 1.54) is 0 Å². The summed E-state index contributed by atoms with van der Waals surface area (Å²) in [5, 5.41) is 0. The molecule has 1 aliphatic carbocycles. The molecular formula is C26H40O7. The summed E-state index contributed by atoms with van der Waals surface area (Å²) in [6.45, 7) is 10.5. The van der Waals surface area contributed by atoms with Gasteiger partial charge in [0.05, 0.1) is 25.2 Å². The van der Waals surface area contributed by atoms with Crippen molar-refractivity contribution in [2.75, 3.05) is 13.2 Å². The van der Waals surface area contributed by atoms with Gasteiger partial charge in [0.2, 0.25) is 0 Å². The van der Waals surface area contributed by atoms with Crippen LogP contribution in [0.3, 0.4) is 0 Å². The van der Waals surface area contributed by atoms with Gasteiger partial charge in [0.1, 0.15) is 11.9 Å². The van der Waals surface area contributed by atoms with Crippen LogP contribution in [0.5, 0.6) is 0 Å². The van der Waals surface area contributed by atoms with E-state index in [1.54, 1.807) is 0 Å². The van der Waals surface area contributed by atoms with Crippen LogP contribution in [0.1, 0.15) is 66.7 Å². The van der Waals surface area contributed by atoms with Crippen LogP contribution in [-0.4, -0.2) is 49.4 Å². The third-order valence-corrected chi connectivity index (χ3v) is 7.83. The number of hydrogen-bond donors (Lipinski definition) is 0. The first-order chi connectivity index (χ1) is 15.7. The molecule has 33 heavy (non-hydrogen) atoms. The van der Waals surface area contributed by atoms with Crippen LogP contribution in [0.15, 0.2) is 12.2 Å². The van der Waals surface area contributed by atoms with E-state index >= 15 is 0 Å². The summed E-state index contributed by atoms with van der Waals surface area (Å²) in [4.78, 5) is 36.5. The highest BCUT2D eigenvalue weighted by Crippen LogP contribution is 2.37. The van der Waals surface area contributed by atoms with E-state index in [0.717, 1.165) is 12.8 Å². The van der Waals surface area contributed by atoms with Gasteiger partial charge in [-0.2, -0.15) is 0 Å². The second kappa shape index (κ2) is 11.6. The Morgan fingerprint density at radius 1 is 1.06 bits per heavy atom. The van der Waals surface area contributed by atoms with Crippen LogP contribution < -0.4 is 0 Å². The summed E-state index contributed by atoms with van der Waals surface area (Å²) >= 11 is 0. The Hall–Kier alpha value is -1.73. The molecule has 7 nitrogen and oxygen atoms in total. The van der Waals surface area contributed by atoms with E-state index in [0.29, 0.717) is 19.4 Å². The van der Waals surface area contributed by atoms with Crippen molar-refractivity contribution in [2.24, 2.45) is 35.5 Å². The van der Waals surface area contributed by atoms with Gasteiger partial charge in [-0.1, -0.05) is 32.9 Å². The molecular weight excluding hydrogens is 424 g/mol. The van der Waals surface area contributed by atoms with E-state index < -0.39 is 6.29 Å². The van der Waals surface area contributed by atoms with Crippen molar-refractivity contribution in [3.05, 3.63) is 12.2 Å². The minimum Gasteiger partial charge on any atom is -0.465 e. The SMILES string of the molecule is CCC=CCC1C(=O)CCC1CC(=O)OCC1C(C)OC(OCC2C(C)OC(=O)C2C)C1C. The largest absolute Gasteiger partial charge is 0.465 e. The number of carbonyl (C=O) groups is 3. The molecule has 186 valence electrons. The number of Topliss-reactive ketones (excluding diaryl/α,β-unsaturated/α-hetero) is 1. The number of rotatable bonds is 10. The summed E-state index contributed by atoms with van der Waals surface area (Å²) in [5.74, 6) is -0.253. The molecule has 2 heterocycles. The van der Waals surface area contributed by atoms with Gasteiger partial charge in [0, 0.05) is 36.5 Å². The summed E-state index contributed by atoms with van der Waals surface area (Å²) in [6.07, 6.45) is 6.72. The van der Waals surface area contributed by atoms with Gasteiger partial charge in [-0.25, -0.2) is 0 Å². The minimum atomic E-state index is -0.402. The van der Waals surface area contributed by atoms with E-state index in [1.807, 2.05) is 27.7 Å². The number of hydrogen-bond acceptors (Lipinski definition) is 7. The van der Waals surface area contributed by atoms with Crippen molar-refractivity contribution < 1.29 is 33.3 Å². The Bertz CT molecular complexity index is 732. The fraction of sp³-hybridized carbons (Fsp3) is 0.808. The summed E-state index contributed by atoms with van der Waals surface area (Å²) in [7, 11) is 0. The molecule has 0 amide bonds. The maximum absolute atomic E-state index is 12.6. The first-order valence-electron chi connectivity index (χ1n) is 12.5. The molecule has 0 radical (unpaired) electrons. The molecule has 1 saturated carbocycles. The standard InChI is InChI=1S/C26H40O7/c1-6-7-8-9-20-19(10-11-23(20)27)12-24(28)30-13-22-16(3)26(33-18(22)5)31-14-21-15(2)25(29)32-17(21)4/h7-8,15-22,26H,6,9-14H2,1-5H3. The molecule has 2 aliphatic heterocycles. The Morgan fingerprint density at radius 3 is 2.48 bits per heavy atom. The van der Waals surface area contributed by atoms with Crippen LogP contribution in [-0.2, 0) is 33.3 Å². The number of ketones is 1. The topological polar surface area (TPSA) is 88.1 Å². The van der Waals surface area contributed by atoms with E-state index in [2.05, 4.69) is 19.1 Å². The van der Waals surface area contributed by atoms with Crippen LogP contribution in [0.2, 0.25) is 0 Å². The molecule has 9 unspecified atom stereocenters. The minimum absolute atomic E-state index is 0.00900. The van der Waals surface area contributed by atoms with Gasteiger partial charge in [-0.05, 0) is 39.0 Å². The van der Waals surface area contributed by atoms with Crippen molar-refractivity contribution in [1.29, 1.82) is 0 Å². The second-order valence-electron chi connectivity index (χ2n) is 10.0. The van der Waals surface area contributed by atoms with Crippen LogP contribution in [0.25, 0.3) is 0 Å². The molecule has 3 aliphatic rings. The zero-order chi connectivity index (χ0) is 24.1. The maximum Gasteiger partial charge on any atom is 0.309 e. The fourth-order valence-corrected chi connectivity index (χ4v) is 5.41. The average molecular weight is 465 g/mol. The molecule has 0 spiro atoms. The molecule has 0 aromatic rings. The van der Waals surface area contributed by atoms with E-state index in [-0.39, 0.29) is 78.5 Å². The van der Waals surface area contributed by atoms with Gasteiger partial charge >= 0.3 is 11.9 Å². The highest BCUT2D eigenvalue weighted by Gasteiger charge is 2.44. The number of esters is 2. The lowest BCUT2D eigenvalue weighted by Crippen LogP contribution is -2.29. The fourth-order valence-electron chi connectivity index (χ4n) is 5.41. The van der Waals surface area contributed by atoms with E-state index in [4.69, 9.17) is 18.9 Å². The first-order valence-corrected chi connectivity index (χ1v) is 12.5. The van der Waals surface area contributed by atoms with Crippen molar-refractivity contribution in [3.8, 4) is 0 Å². The molecule has 9 atom stereocenters. The summed E-state index contributed by atoms with van der Waals surface area (Å²) < 4.78 is 23.0. The number of cyclic esters (lactones) is 1. The van der Waals surface area contributed by atoms with Gasteiger partial charge in [-0.3, -0.25) is 14.4 Å². The van der Waals surface area contributed by atoms with Crippen LogP contribution >= 0.6 is 0 Å². The van der Waals surface area contributed by atoms with Crippen molar-refractivity contribution in [1.82, 2.24) is 0 Å². The Kier molecular flexibility index (Phi) is 9.10. The predicted molar refractivity (Wildman–Crippen MR) is 122 cm³/mol. The van der Waals surface area contributed by atoms with E-state index in [9.17, 15) is 14.4 Å². The lowest BCUT2D eigenvalue weighted by molar-refractivity contribution is -0.155. The van der Waals surface area contributed by atoms with Gasteiger partial charge < -0.3 is 18.9 Å². The molecule has 3 rings (SSSR count). The number of carbonyl (C=O) groups excluding carboxylic acids is 3. The van der Waals surface area contributed by atoms with Crippen molar-refractivity contribution >= 4 is 17.7 Å². The summed E-state index contributed by atoms with van der Waals surface area (Å²) in [6, 6.07) is 0. The maximum atomic E-state index is 12.6. The van der Waals surface area contributed by atoms with Gasteiger partial charge in [-0.15, -0.1) is 0 Å². The Balaban J connectivity index is 1.45. The summed E-state index contributed by atoms with van der Waals surface area (Å²) in [5.41, 5.74) is 0. The van der Waals surface area contributed by atoms with Crippen LogP contribution in [0.4, 0.5) is 0 Å². The lowest BCUT2D eigenvalue weighted by Gasteiger charge is -2.22. The Morgan fingerprint density at radius 2 is 1.82 bits per heavy atom. The smallest absolute Gasteiger partial charge is 0.309 e. The molecule has 0 N–H and O–H groups in total. The predicted octanol–water partition coefficient (Wildman–Crippen LogP) is 4.08. The second-order valence-corrected chi connectivity index (χ2v) is 10.0. The normalized spacial score (nSPS) is 38.9. The van der Waals surface area contributed by atoms with Gasteiger partial charge in [0.15, 0.2) is 6.29 Å². The Labute approximate surface area is 197 Å². The molecule has 2 saturated heterocycles. The molecule has 7 heteroatoms. The molecule has 3 fully saturated rings. The molecule has 0 aromatic carbocycles. The molecule has 0 bridgehead atoms. The van der Waals surface area contributed by atoms with Crippen molar-refractivity contribution in [2.45, 2.75) is 85.2 Å². The lowest BCUT2D eigenvalue weighted by atomic mass is 9.89. The number of allylic oxidation sites excluding steroid dienone is 2. The van der Waals surface area contributed by atoms with Crippen LogP contribution in [0, 0.1) is 35.5 Å². The van der Waals surface area contributed by atoms with Gasteiger partial charge in [0.25, 0.3) is 0 Å². The zero-order valence-electron chi connectivity index (χ0n) is 20.7. The quantitative estimate of drug-likeness (QED) is 0.355.